The molecule has 0 unspecified atom stereocenters. The summed E-state index contributed by atoms with van der Waals surface area (Å²) >= 11 is 5.86. The van der Waals surface area contributed by atoms with Gasteiger partial charge in [-0.3, -0.25) is 0 Å². The molecule has 2 rings (SSSR count). The van der Waals surface area contributed by atoms with Gasteiger partial charge in [0, 0.05) is 18.9 Å². The number of rotatable bonds is 6. The van der Waals surface area contributed by atoms with E-state index in [1.165, 1.54) is 19.3 Å². The molecule has 18 heavy (non-hydrogen) atoms. The fourth-order valence-electron chi connectivity index (χ4n) is 1.72. The van der Waals surface area contributed by atoms with E-state index >= 15 is 0 Å². The number of nitrogens with one attached hydrogen (secondary N) is 1. The molecule has 0 saturated carbocycles. The fraction of sp³-hybridized carbons (Fsp3) is 0.500. The minimum atomic E-state index is 0.194. The van der Waals surface area contributed by atoms with Gasteiger partial charge >= 0.3 is 0 Å². The first-order valence-electron chi connectivity index (χ1n) is 6.19. The molecule has 0 atom stereocenters. The lowest BCUT2D eigenvalue weighted by molar-refractivity contribution is 0.684. The van der Waals surface area contributed by atoms with Gasteiger partial charge in [0.25, 0.3) is 0 Å². The third kappa shape index (κ3) is 3.26. The molecule has 5 nitrogen and oxygen atoms in total. The highest BCUT2D eigenvalue weighted by molar-refractivity contribution is 6.28. The maximum Gasteiger partial charge on any atom is 0.226 e. The largest absolute Gasteiger partial charge is 0.368 e. The standard InChI is InChI=1S/C12H16ClN5/c1-2-3-4-5-6-15-10-9-11(16-8-7-14-9)18-12(13)17-10/h7-8H,2-6H2,1H3,(H,15,16,17,18). The summed E-state index contributed by atoms with van der Waals surface area (Å²) in [5.74, 6) is 0.662. The quantitative estimate of drug-likeness (QED) is 0.642. The SMILES string of the molecule is CCCCCCNc1nc(Cl)nc2nccnc12. The number of aromatic nitrogens is 4. The van der Waals surface area contributed by atoms with Crippen LogP contribution < -0.4 is 5.32 Å². The number of anilines is 1. The molecule has 2 aromatic heterocycles. The zero-order valence-corrected chi connectivity index (χ0v) is 11.1. The summed E-state index contributed by atoms with van der Waals surface area (Å²) < 4.78 is 0. The van der Waals surface area contributed by atoms with Gasteiger partial charge in [0.2, 0.25) is 5.28 Å². The van der Waals surface area contributed by atoms with Crippen LogP contribution in [0.3, 0.4) is 0 Å². The predicted octanol–water partition coefficient (Wildman–Crippen LogP) is 3.07. The van der Waals surface area contributed by atoms with Crippen LogP contribution in [0.25, 0.3) is 11.2 Å². The minimum Gasteiger partial charge on any atom is -0.368 e. The second-order valence-electron chi connectivity index (χ2n) is 4.06. The van der Waals surface area contributed by atoms with Crippen LogP contribution >= 0.6 is 11.6 Å². The summed E-state index contributed by atoms with van der Waals surface area (Å²) in [5.41, 5.74) is 1.19. The summed E-state index contributed by atoms with van der Waals surface area (Å²) in [5, 5.41) is 3.44. The Kier molecular flexibility index (Phi) is 4.64. The molecule has 6 heteroatoms. The van der Waals surface area contributed by atoms with E-state index in [1.54, 1.807) is 12.4 Å². The molecule has 0 saturated heterocycles. The Labute approximate surface area is 111 Å². The van der Waals surface area contributed by atoms with Crippen molar-refractivity contribution in [3.63, 3.8) is 0 Å². The average Bonchev–Trinajstić information content (AvgIpc) is 2.38. The van der Waals surface area contributed by atoms with E-state index in [-0.39, 0.29) is 5.28 Å². The van der Waals surface area contributed by atoms with Gasteiger partial charge in [-0.2, -0.15) is 9.97 Å². The molecule has 1 N–H and O–H groups in total. The lowest BCUT2D eigenvalue weighted by Crippen LogP contribution is -2.06. The van der Waals surface area contributed by atoms with E-state index in [4.69, 9.17) is 11.6 Å². The van der Waals surface area contributed by atoms with Crippen molar-refractivity contribution in [2.45, 2.75) is 32.6 Å². The van der Waals surface area contributed by atoms with Gasteiger partial charge in [-0.25, -0.2) is 9.97 Å². The number of halogens is 1. The van der Waals surface area contributed by atoms with Crippen molar-refractivity contribution in [2.75, 3.05) is 11.9 Å². The lowest BCUT2D eigenvalue weighted by Gasteiger charge is -2.07. The summed E-state index contributed by atoms with van der Waals surface area (Å²) in [6, 6.07) is 0. The molecule has 0 aliphatic heterocycles. The summed E-state index contributed by atoms with van der Waals surface area (Å²) in [7, 11) is 0. The van der Waals surface area contributed by atoms with Crippen LogP contribution in [0, 0.1) is 0 Å². The zero-order valence-electron chi connectivity index (χ0n) is 10.4. The van der Waals surface area contributed by atoms with Crippen LogP contribution in [0.4, 0.5) is 5.82 Å². The van der Waals surface area contributed by atoms with Crippen LogP contribution in [0.2, 0.25) is 5.28 Å². The first-order valence-corrected chi connectivity index (χ1v) is 6.57. The number of nitrogens with zero attached hydrogens (tertiary/aromatic N) is 4. The van der Waals surface area contributed by atoms with E-state index < -0.39 is 0 Å². The maximum atomic E-state index is 5.86. The van der Waals surface area contributed by atoms with Gasteiger partial charge in [0.1, 0.15) is 0 Å². The molecule has 2 aromatic rings. The van der Waals surface area contributed by atoms with Gasteiger partial charge < -0.3 is 5.32 Å². The van der Waals surface area contributed by atoms with E-state index in [0.29, 0.717) is 17.0 Å². The molecule has 0 spiro atoms. The third-order valence-corrected chi connectivity index (χ3v) is 2.80. The third-order valence-electron chi connectivity index (χ3n) is 2.63. The smallest absolute Gasteiger partial charge is 0.226 e. The number of hydrogen-bond donors (Lipinski definition) is 1. The second kappa shape index (κ2) is 6.44. The molecular weight excluding hydrogens is 250 g/mol. The molecule has 0 amide bonds. The molecule has 96 valence electrons. The van der Waals surface area contributed by atoms with Crippen molar-refractivity contribution < 1.29 is 0 Å². The fourth-order valence-corrected chi connectivity index (χ4v) is 1.88. The minimum absolute atomic E-state index is 0.194. The summed E-state index contributed by atoms with van der Waals surface area (Å²) in [4.78, 5) is 16.5. The van der Waals surface area contributed by atoms with Gasteiger partial charge in [0.05, 0.1) is 0 Å². The number of hydrogen-bond acceptors (Lipinski definition) is 5. The predicted molar refractivity (Wildman–Crippen MR) is 72.8 cm³/mol. The first-order chi connectivity index (χ1) is 8.81. The van der Waals surface area contributed by atoms with E-state index in [9.17, 15) is 0 Å². The number of unbranched alkanes of at least 4 members (excludes halogenated alkanes) is 3. The second-order valence-corrected chi connectivity index (χ2v) is 4.40. The lowest BCUT2D eigenvalue weighted by atomic mass is 10.2. The molecule has 0 bridgehead atoms. The average molecular weight is 266 g/mol. The molecule has 0 radical (unpaired) electrons. The monoisotopic (exact) mass is 265 g/mol. The van der Waals surface area contributed by atoms with Gasteiger partial charge in [-0.15, -0.1) is 0 Å². The highest BCUT2D eigenvalue weighted by atomic mass is 35.5. The Morgan fingerprint density at radius 2 is 1.94 bits per heavy atom. The molecule has 0 fully saturated rings. The van der Waals surface area contributed by atoms with Crippen molar-refractivity contribution in [1.82, 2.24) is 19.9 Å². The Balaban J connectivity index is 2.07. The Hall–Kier alpha value is -1.49. The topological polar surface area (TPSA) is 63.6 Å². The van der Waals surface area contributed by atoms with E-state index in [1.807, 2.05) is 0 Å². The summed E-state index contributed by atoms with van der Waals surface area (Å²) in [6.45, 7) is 3.06. The van der Waals surface area contributed by atoms with Crippen LogP contribution in [0.1, 0.15) is 32.6 Å². The highest BCUT2D eigenvalue weighted by Gasteiger charge is 2.07. The van der Waals surface area contributed by atoms with Crippen molar-refractivity contribution in [3.8, 4) is 0 Å². The Bertz CT molecular complexity index is 517. The van der Waals surface area contributed by atoms with Crippen LogP contribution in [-0.2, 0) is 0 Å². The molecule has 0 aromatic carbocycles. The Morgan fingerprint density at radius 1 is 1.11 bits per heavy atom. The van der Waals surface area contributed by atoms with E-state index in [2.05, 4.69) is 32.2 Å². The van der Waals surface area contributed by atoms with Crippen LogP contribution in [-0.4, -0.2) is 26.5 Å². The zero-order chi connectivity index (χ0) is 12.8. The summed E-state index contributed by atoms with van der Waals surface area (Å²) in [6.07, 6.45) is 8.03. The molecular formula is C12H16ClN5. The molecule has 2 heterocycles. The van der Waals surface area contributed by atoms with Crippen molar-refractivity contribution in [3.05, 3.63) is 17.7 Å². The molecule has 0 aliphatic rings. The van der Waals surface area contributed by atoms with Crippen molar-refractivity contribution in [1.29, 1.82) is 0 Å². The van der Waals surface area contributed by atoms with E-state index in [0.717, 1.165) is 13.0 Å². The Morgan fingerprint density at radius 3 is 2.78 bits per heavy atom. The first kappa shape index (κ1) is 13.0. The normalized spacial score (nSPS) is 10.8. The van der Waals surface area contributed by atoms with Crippen molar-refractivity contribution in [2.24, 2.45) is 0 Å². The van der Waals surface area contributed by atoms with Crippen LogP contribution in [0.5, 0.6) is 0 Å². The van der Waals surface area contributed by atoms with Crippen molar-refractivity contribution >= 4 is 28.6 Å². The highest BCUT2D eigenvalue weighted by Crippen LogP contribution is 2.17. The maximum absolute atomic E-state index is 5.86. The van der Waals surface area contributed by atoms with Gasteiger partial charge in [-0.1, -0.05) is 26.2 Å². The van der Waals surface area contributed by atoms with Gasteiger partial charge in [-0.05, 0) is 18.0 Å². The molecule has 0 aliphatic carbocycles. The van der Waals surface area contributed by atoms with Crippen LogP contribution in [0.15, 0.2) is 12.4 Å². The van der Waals surface area contributed by atoms with Gasteiger partial charge in [0.15, 0.2) is 17.0 Å². The number of fused-ring (bicyclic) bond motifs is 1.